The van der Waals surface area contributed by atoms with Crippen LogP contribution in [0.4, 0.5) is 4.79 Å². The van der Waals surface area contributed by atoms with Gasteiger partial charge in [0, 0.05) is 13.5 Å². The molecular weight excluding hydrogens is 338 g/mol. The molecule has 0 aromatic carbocycles. The second-order valence-electron chi connectivity index (χ2n) is 7.73. The Bertz CT molecular complexity index is 494. The summed E-state index contributed by atoms with van der Waals surface area (Å²) in [6.07, 6.45) is 7.88. The van der Waals surface area contributed by atoms with Gasteiger partial charge < -0.3 is 19.9 Å². The van der Waals surface area contributed by atoms with Crippen molar-refractivity contribution in [2.75, 3.05) is 6.54 Å². The second-order valence-corrected chi connectivity index (χ2v) is 7.73. The summed E-state index contributed by atoms with van der Waals surface area (Å²) in [5, 5.41) is 11.8. The summed E-state index contributed by atoms with van der Waals surface area (Å²) in [6, 6.07) is 0. The van der Waals surface area contributed by atoms with Gasteiger partial charge in [0.25, 0.3) is 0 Å². The van der Waals surface area contributed by atoms with Crippen molar-refractivity contribution in [3.63, 3.8) is 0 Å². The fourth-order valence-corrected chi connectivity index (χ4v) is 4.11. The van der Waals surface area contributed by atoms with Gasteiger partial charge in [-0.2, -0.15) is 0 Å². The summed E-state index contributed by atoms with van der Waals surface area (Å²) >= 11 is 0. The maximum absolute atomic E-state index is 12.1. The molecule has 0 saturated heterocycles. The van der Waals surface area contributed by atoms with Crippen molar-refractivity contribution in [2.45, 2.75) is 83.8 Å². The molecule has 0 aromatic rings. The minimum absolute atomic E-state index is 0.0412. The van der Waals surface area contributed by atoms with E-state index >= 15 is 0 Å². The number of carbonyl (C=O) groups excluding carboxylic acids is 2. The van der Waals surface area contributed by atoms with E-state index in [0.717, 1.165) is 64.2 Å². The molecule has 1 atom stereocenters. The molecule has 2 aliphatic carbocycles. The van der Waals surface area contributed by atoms with E-state index in [1.807, 2.05) is 0 Å². The predicted octanol–water partition coefficient (Wildman–Crippen LogP) is 3.61. The van der Waals surface area contributed by atoms with E-state index < -0.39 is 23.8 Å². The zero-order valence-electron chi connectivity index (χ0n) is 15.6. The van der Waals surface area contributed by atoms with Crippen molar-refractivity contribution in [3.05, 3.63) is 0 Å². The SMILES string of the molecule is CC(OC(=O)NCC1(CC(=O)O)CCCCC1)OC(=O)C1CCCCC1. The van der Waals surface area contributed by atoms with Gasteiger partial charge in [0.1, 0.15) is 0 Å². The van der Waals surface area contributed by atoms with E-state index in [1.54, 1.807) is 0 Å². The van der Waals surface area contributed by atoms with Gasteiger partial charge >= 0.3 is 18.0 Å². The normalized spacial score (nSPS) is 21.4. The number of esters is 1. The number of hydrogen-bond acceptors (Lipinski definition) is 5. The van der Waals surface area contributed by atoms with Crippen LogP contribution in [0.2, 0.25) is 0 Å². The van der Waals surface area contributed by atoms with Crippen LogP contribution in [0.25, 0.3) is 0 Å². The number of alkyl carbamates (subject to hydrolysis) is 1. The Morgan fingerprint density at radius 2 is 1.65 bits per heavy atom. The number of carboxylic acid groups (broad SMARTS) is 1. The molecule has 0 radical (unpaired) electrons. The Kier molecular flexibility index (Phi) is 7.72. The summed E-state index contributed by atoms with van der Waals surface area (Å²) < 4.78 is 10.3. The maximum atomic E-state index is 12.1. The van der Waals surface area contributed by atoms with E-state index in [1.165, 1.54) is 6.92 Å². The fraction of sp³-hybridized carbons (Fsp3) is 0.842. The fourth-order valence-electron chi connectivity index (χ4n) is 4.11. The highest BCUT2D eigenvalue weighted by molar-refractivity contribution is 5.73. The van der Waals surface area contributed by atoms with Gasteiger partial charge in [0.2, 0.25) is 6.29 Å². The minimum atomic E-state index is -0.953. The van der Waals surface area contributed by atoms with E-state index in [9.17, 15) is 14.4 Å². The molecule has 0 heterocycles. The first-order valence-electron chi connectivity index (χ1n) is 9.77. The molecular formula is C19H31NO6. The Balaban J connectivity index is 1.75. The van der Waals surface area contributed by atoms with Gasteiger partial charge in [-0.05, 0) is 31.1 Å². The van der Waals surface area contributed by atoms with Crippen molar-refractivity contribution in [2.24, 2.45) is 11.3 Å². The standard InChI is InChI=1S/C19H31NO6/c1-14(25-17(23)15-8-4-2-5-9-15)26-18(24)20-13-19(12-16(21)22)10-6-3-7-11-19/h14-15H,2-13H2,1H3,(H,20,24)(H,21,22). The number of ether oxygens (including phenoxy) is 2. The Labute approximate surface area is 154 Å². The van der Waals surface area contributed by atoms with Crippen LogP contribution in [0.1, 0.15) is 77.6 Å². The maximum Gasteiger partial charge on any atom is 0.410 e. The van der Waals surface area contributed by atoms with Gasteiger partial charge in [-0.3, -0.25) is 9.59 Å². The molecule has 2 saturated carbocycles. The topological polar surface area (TPSA) is 102 Å². The highest BCUT2D eigenvalue weighted by Crippen LogP contribution is 2.38. The van der Waals surface area contributed by atoms with E-state index in [4.69, 9.17) is 14.6 Å². The molecule has 148 valence electrons. The van der Waals surface area contributed by atoms with Crippen LogP contribution in [0, 0.1) is 11.3 Å². The average Bonchev–Trinajstić information content (AvgIpc) is 2.61. The summed E-state index contributed by atoms with van der Waals surface area (Å²) in [5.74, 6) is -1.25. The third kappa shape index (κ3) is 6.50. The summed E-state index contributed by atoms with van der Waals surface area (Å²) in [6.45, 7) is 1.79. The van der Waals surface area contributed by atoms with E-state index in [2.05, 4.69) is 5.32 Å². The third-order valence-electron chi connectivity index (χ3n) is 5.54. The molecule has 7 nitrogen and oxygen atoms in total. The first kappa shape index (κ1) is 20.5. The second kappa shape index (κ2) is 9.78. The lowest BCUT2D eigenvalue weighted by molar-refractivity contribution is -0.171. The molecule has 2 rings (SSSR count). The van der Waals surface area contributed by atoms with Crippen LogP contribution in [-0.2, 0) is 19.1 Å². The Morgan fingerprint density at radius 1 is 1.04 bits per heavy atom. The highest BCUT2D eigenvalue weighted by atomic mass is 16.7. The van der Waals surface area contributed by atoms with Gasteiger partial charge in [0.05, 0.1) is 12.3 Å². The zero-order chi connectivity index (χ0) is 19.0. The quantitative estimate of drug-likeness (QED) is 0.525. The van der Waals surface area contributed by atoms with Crippen molar-refractivity contribution in [1.82, 2.24) is 5.32 Å². The lowest BCUT2D eigenvalue weighted by atomic mass is 9.72. The Morgan fingerprint density at radius 3 is 2.27 bits per heavy atom. The van der Waals surface area contributed by atoms with Crippen LogP contribution in [-0.4, -0.2) is 36.0 Å². The largest absolute Gasteiger partial charge is 0.481 e. The van der Waals surface area contributed by atoms with Gasteiger partial charge in [-0.25, -0.2) is 4.79 Å². The molecule has 2 aliphatic rings. The smallest absolute Gasteiger partial charge is 0.410 e. The summed E-state index contributed by atoms with van der Waals surface area (Å²) in [7, 11) is 0. The van der Waals surface area contributed by atoms with Crippen molar-refractivity contribution < 1.29 is 29.0 Å². The van der Waals surface area contributed by atoms with E-state index in [0.29, 0.717) is 0 Å². The van der Waals surface area contributed by atoms with Crippen molar-refractivity contribution in [3.8, 4) is 0 Å². The van der Waals surface area contributed by atoms with Gasteiger partial charge in [-0.1, -0.05) is 38.5 Å². The summed E-state index contributed by atoms with van der Waals surface area (Å²) in [4.78, 5) is 35.2. The zero-order valence-corrected chi connectivity index (χ0v) is 15.6. The van der Waals surface area contributed by atoms with Crippen molar-refractivity contribution >= 4 is 18.0 Å². The van der Waals surface area contributed by atoms with Crippen LogP contribution < -0.4 is 5.32 Å². The number of amides is 1. The Hall–Kier alpha value is -1.79. The molecule has 1 amide bonds. The average molecular weight is 369 g/mol. The minimum Gasteiger partial charge on any atom is -0.481 e. The van der Waals surface area contributed by atoms with Crippen molar-refractivity contribution in [1.29, 1.82) is 0 Å². The number of hydrogen-bond donors (Lipinski definition) is 2. The van der Waals surface area contributed by atoms with E-state index in [-0.39, 0.29) is 24.9 Å². The highest BCUT2D eigenvalue weighted by Gasteiger charge is 2.35. The van der Waals surface area contributed by atoms with Crippen LogP contribution >= 0.6 is 0 Å². The van der Waals surface area contributed by atoms with Crippen LogP contribution in [0.15, 0.2) is 0 Å². The first-order valence-corrected chi connectivity index (χ1v) is 9.77. The predicted molar refractivity (Wildman–Crippen MR) is 94.4 cm³/mol. The molecule has 7 heteroatoms. The number of rotatable bonds is 7. The first-order chi connectivity index (χ1) is 12.4. The summed E-state index contributed by atoms with van der Waals surface area (Å²) in [5.41, 5.74) is -0.412. The monoisotopic (exact) mass is 369 g/mol. The molecule has 2 N–H and O–H groups in total. The molecule has 0 aliphatic heterocycles. The molecule has 2 fully saturated rings. The number of carboxylic acids is 1. The molecule has 26 heavy (non-hydrogen) atoms. The lowest BCUT2D eigenvalue weighted by Crippen LogP contribution is -2.41. The van der Waals surface area contributed by atoms with Crippen LogP contribution in [0.5, 0.6) is 0 Å². The number of carbonyl (C=O) groups is 3. The third-order valence-corrected chi connectivity index (χ3v) is 5.54. The lowest BCUT2D eigenvalue weighted by Gasteiger charge is -2.36. The number of aliphatic carboxylic acids is 1. The molecule has 0 aromatic heterocycles. The molecule has 0 spiro atoms. The van der Waals surface area contributed by atoms with Gasteiger partial charge in [-0.15, -0.1) is 0 Å². The number of nitrogens with one attached hydrogen (secondary N) is 1. The molecule has 0 bridgehead atoms. The van der Waals surface area contributed by atoms with Gasteiger partial charge in [0.15, 0.2) is 0 Å². The molecule has 1 unspecified atom stereocenters. The van der Waals surface area contributed by atoms with Crippen LogP contribution in [0.3, 0.4) is 0 Å².